The molecule has 0 saturated heterocycles. The van der Waals surface area contributed by atoms with Crippen LogP contribution < -0.4 is 4.90 Å². The largest absolute Gasteiger partial charge is 0.304 e. The van der Waals surface area contributed by atoms with Crippen LogP contribution in [0.25, 0.3) is 98.8 Å². The molecule has 0 spiro atoms. The second-order valence-corrected chi connectivity index (χ2v) is 15.1. The van der Waals surface area contributed by atoms with E-state index in [-0.39, 0.29) is 0 Å². The van der Waals surface area contributed by atoms with E-state index in [9.17, 15) is 0 Å². The molecule has 0 atom stereocenters. The van der Waals surface area contributed by atoms with Gasteiger partial charge in [0.05, 0.1) is 50.2 Å². The van der Waals surface area contributed by atoms with Gasteiger partial charge in [-0.05, 0) is 106 Å². The third-order valence-corrected chi connectivity index (χ3v) is 11.8. The lowest BCUT2D eigenvalue weighted by Gasteiger charge is -2.29. The maximum atomic E-state index is 5.17. The summed E-state index contributed by atoms with van der Waals surface area (Å²) >= 11 is 0. The van der Waals surface area contributed by atoms with E-state index in [0.717, 1.165) is 116 Å². The molecule has 0 aliphatic rings. The van der Waals surface area contributed by atoms with Crippen molar-refractivity contribution in [3.8, 4) is 33.4 Å². The summed E-state index contributed by atoms with van der Waals surface area (Å²) in [7, 11) is 0. The number of pyridine rings is 6. The van der Waals surface area contributed by atoms with E-state index < -0.39 is 0 Å². The fourth-order valence-corrected chi connectivity index (χ4v) is 9.12. The van der Waals surface area contributed by atoms with E-state index >= 15 is 0 Å². The summed E-state index contributed by atoms with van der Waals surface area (Å²) in [5, 5.41) is 6.33. The zero-order chi connectivity index (χ0) is 40.3. The Kier molecular flexibility index (Phi) is 8.03. The molecule has 7 heteroatoms. The van der Waals surface area contributed by atoms with Crippen molar-refractivity contribution >= 4 is 82.5 Å². The molecule has 0 bridgehead atoms. The van der Waals surface area contributed by atoms with Gasteiger partial charge < -0.3 is 4.90 Å². The van der Waals surface area contributed by atoms with Crippen molar-refractivity contribution in [3.05, 3.63) is 201 Å². The quantitative estimate of drug-likeness (QED) is 0.166. The van der Waals surface area contributed by atoms with Gasteiger partial charge in [-0.2, -0.15) is 0 Å². The molecule has 0 aliphatic carbocycles. The van der Waals surface area contributed by atoms with E-state index in [2.05, 4.69) is 147 Å². The third-order valence-electron chi connectivity index (χ3n) is 11.8. The molecular formula is C54H33N7. The highest BCUT2D eigenvalue weighted by atomic mass is 15.2. The average Bonchev–Trinajstić information content (AvgIpc) is 3.33. The third kappa shape index (κ3) is 5.59. The summed E-state index contributed by atoms with van der Waals surface area (Å²) in [4.78, 5) is 31.8. The fraction of sp³-hybridized carbons (Fsp3) is 0. The van der Waals surface area contributed by atoms with Crippen LogP contribution in [0.3, 0.4) is 0 Å². The number of rotatable bonds is 6. The van der Waals surface area contributed by atoms with Crippen molar-refractivity contribution in [1.82, 2.24) is 29.9 Å². The van der Waals surface area contributed by atoms with Gasteiger partial charge in [-0.15, -0.1) is 0 Å². The zero-order valence-corrected chi connectivity index (χ0v) is 32.7. The number of hydrogen-bond donors (Lipinski definition) is 0. The maximum absolute atomic E-state index is 5.17. The molecule has 284 valence electrons. The van der Waals surface area contributed by atoms with Crippen LogP contribution in [0.4, 0.5) is 17.1 Å². The summed E-state index contributed by atoms with van der Waals surface area (Å²) in [6, 6.07) is 57.0. The highest BCUT2D eigenvalue weighted by Gasteiger charge is 2.25. The maximum Gasteiger partial charge on any atom is 0.0948 e. The molecule has 0 fully saturated rings. The minimum absolute atomic E-state index is 0.850. The first-order valence-corrected chi connectivity index (χ1v) is 20.3. The lowest BCUT2D eigenvalue weighted by atomic mass is 9.93. The lowest BCUT2D eigenvalue weighted by Crippen LogP contribution is -2.13. The van der Waals surface area contributed by atoms with Crippen molar-refractivity contribution in [3.63, 3.8) is 0 Å². The topological polar surface area (TPSA) is 80.6 Å². The second-order valence-electron chi connectivity index (χ2n) is 15.1. The van der Waals surface area contributed by atoms with E-state index in [1.165, 1.54) is 0 Å². The first kappa shape index (κ1) is 34.6. The highest BCUT2D eigenvalue weighted by Crippen LogP contribution is 2.48. The fourth-order valence-electron chi connectivity index (χ4n) is 9.12. The second kappa shape index (κ2) is 14.1. The molecule has 7 nitrogen and oxygen atoms in total. The number of aromatic nitrogens is 6. The molecule has 0 unspecified atom stereocenters. The molecule has 0 N–H and O–H groups in total. The minimum atomic E-state index is 0.850. The molecule has 6 heterocycles. The smallest absolute Gasteiger partial charge is 0.0948 e. The van der Waals surface area contributed by atoms with Crippen LogP contribution in [-0.2, 0) is 0 Å². The van der Waals surface area contributed by atoms with Crippen LogP contribution in [0.15, 0.2) is 201 Å². The summed E-state index contributed by atoms with van der Waals surface area (Å²) in [5.74, 6) is 0. The molecule has 12 rings (SSSR count). The summed E-state index contributed by atoms with van der Waals surface area (Å²) in [6.45, 7) is 0. The average molecular weight is 780 g/mol. The lowest BCUT2D eigenvalue weighted by molar-refractivity contribution is 1.27. The monoisotopic (exact) mass is 779 g/mol. The van der Waals surface area contributed by atoms with Gasteiger partial charge >= 0.3 is 0 Å². The number of hydrogen-bond acceptors (Lipinski definition) is 7. The molecule has 6 aromatic heterocycles. The Morgan fingerprint density at radius 1 is 0.230 bits per heavy atom. The summed E-state index contributed by atoms with van der Waals surface area (Å²) in [5.41, 5.74) is 14.6. The van der Waals surface area contributed by atoms with Gasteiger partial charge in [-0.1, -0.05) is 91.0 Å². The van der Waals surface area contributed by atoms with Gasteiger partial charge in [-0.25, -0.2) is 0 Å². The normalized spacial score (nSPS) is 11.6. The molecule has 61 heavy (non-hydrogen) atoms. The Labute approximate surface area is 350 Å². The van der Waals surface area contributed by atoms with Crippen LogP contribution in [0.5, 0.6) is 0 Å². The Balaban J connectivity index is 1.15. The van der Waals surface area contributed by atoms with Gasteiger partial charge in [0.1, 0.15) is 0 Å². The molecule has 6 aromatic carbocycles. The summed E-state index contributed by atoms with van der Waals surface area (Å²) in [6.07, 6.45) is 11.2. The van der Waals surface area contributed by atoms with E-state index in [1.54, 1.807) is 0 Å². The molecule has 0 saturated carbocycles. The van der Waals surface area contributed by atoms with E-state index in [1.807, 2.05) is 73.6 Å². The van der Waals surface area contributed by atoms with Gasteiger partial charge in [0.25, 0.3) is 0 Å². The molecule has 12 aromatic rings. The Morgan fingerprint density at radius 2 is 0.508 bits per heavy atom. The van der Waals surface area contributed by atoms with Crippen LogP contribution in [-0.4, -0.2) is 29.9 Å². The SMILES string of the molecule is c1cc(-c2ccc(N(c3ccc(-c4cccc5ncccc45)c4cccnc34)c3ccc(-c4cccc5ncccc45)c4cccnc34)c3ncccc23)c2cccnc2c1. The number of anilines is 3. The van der Waals surface area contributed by atoms with Crippen LogP contribution in [0.2, 0.25) is 0 Å². The van der Waals surface area contributed by atoms with Gasteiger partial charge in [0.2, 0.25) is 0 Å². The van der Waals surface area contributed by atoms with Crippen LogP contribution in [0, 0.1) is 0 Å². The Morgan fingerprint density at radius 3 is 0.836 bits per heavy atom. The summed E-state index contributed by atoms with van der Waals surface area (Å²) < 4.78 is 0. The molecule has 0 amide bonds. The molecule has 0 aliphatic heterocycles. The van der Waals surface area contributed by atoms with Crippen molar-refractivity contribution in [1.29, 1.82) is 0 Å². The Hall–Kier alpha value is -8.42. The number of benzene rings is 6. The van der Waals surface area contributed by atoms with Gasteiger partial charge in [0, 0.05) is 69.5 Å². The first-order valence-electron chi connectivity index (χ1n) is 20.3. The van der Waals surface area contributed by atoms with Crippen molar-refractivity contribution in [2.75, 3.05) is 4.90 Å². The van der Waals surface area contributed by atoms with Gasteiger partial charge in [0.15, 0.2) is 0 Å². The molecular weight excluding hydrogens is 747 g/mol. The molecule has 0 radical (unpaired) electrons. The minimum Gasteiger partial charge on any atom is -0.304 e. The van der Waals surface area contributed by atoms with Crippen LogP contribution in [0.1, 0.15) is 0 Å². The van der Waals surface area contributed by atoms with Crippen LogP contribution >= 0.6 is 0 Å². The predicted molar refractivity (Wildman–Crippen MR) is 249 cm³/mol. The van der Waals surface area contributed by atoms with Crippen molar-refractivity contribution in [2.24, 2.45) is 0 Å². The van der Waals surface area contributed by atoms with Crippen molar-refractivity contribution in [2.45, 2.75) is 0 Å². The standard InChI is InChI=1S/C54H33N7/c1-10-34(40-13-4-28-55-46(40)19-1)37-22-25-49(52-43(37)16-7-31-58-52)61(50-26-23-38(44-17-8-32-59-53(44)50)35-11-2-20-47-41(35)14-5-29-56-47)51-27-24-39(45-18-9-33-60-54(45)51)36-12-3-21-48-42(36)15-6-30-57-48/h1-33H. The van der Waals surface area contributed by atoms with Crippen molar-refractivity contribution < 1.29 is 0 Å². The highest BCUT2D eigenvalue weighted by molar-refractivity contribution is 6.15. The predicted octanol–water partition coefficient (Wildman–Crippen LogP) is 13.4. The first-order chi connectivity index (χ1) is 30.3. The Bertz CT molecular complexity index is 3290. The number of nitrogens with zero attached hydrogens (tertiary/aromatic N) is 7. The zero-order valence-electron chi connectivity index (χ0n) is 32.7. The van der Waals surface area contributed by atoms with E-state index in [0.29, 0.717) is 0 Å². The number of fused-ring (bicyclic) bond motifs is 6. The van der Waals surface area contributed by atoms with E-state index in [4.69, 9.17) is 15.0 Å². The van der Waals surface area contributed by atoms with Gasteiger partial charge in [-0.3, -0.25) is 29.9 Å².